The van der Waals surface area contributed by atoms with Gasteiger partial charge in [-0.2, -0.15) is 0 Å². The average molecular weight is 630 g/mol. The molecular formula is C32H55NO11. The van der Waals surface area contributed by atoms with Crippen molar-refractivity contribution in [3.63, 3.8) is 0 Å². The number of hydrogen-bond acceptors (Lipinski definition) is 11. The van der Waals surface area contributed by atoms with Gasteiger partial charge in [0.25, 0.3) is 0 Å². The maximum Gasteiger partial charge on any atom is 0.407 e. The van der Waals surface area contributed by atoms with E-state index in [1.807, 2.05) is 37.3 Å². The van der Waals surface area contributed by atoms with Gasteiger partial charge in [-0.25, -0.2) is 4.79 Å². The second kappa shape index (κ2) is 30.7. The van der Waals surface area contributed by atoms with Crippen LogP contribution in [0.3, 0.4) is 0 Å². The summed E-state index contributed by atoms with van der Waals surface area (Å²) in [6.07, 6.45) is 3.35. The summed E-state index contributed by atoms with van der Waals surface area (Å²) in [5.41, 5.74) is 0.937. The van der Waals surface area contributed by atoms with E-state index >= 15 is 0 Å². The summed E-state index contributed by atoms with van der Waals surface area (Å²) in [7, 11) is 0. The molecule has 0 fully saturated rings. The van der Waals surface area contributed by atoms with Gasteiger partial charge in [0, 0.05) is 6.54 Å². The number of carbonyl (C=O) groups excluding carboxylic acids is 2. The summed E-state index contributed by atoms with van der Waals surface area (Å²) in [4.78, 5) is 23.6. The Labute approximate surface area is 263 Å². The van der Waals surface area contributed by atoms with Crippen molar-refractivity contribution in [2.24, 2.45) is 5.92 Å². The third-order valence-electron chi connectivity index (χ3n) is 6.16. The summed E-state index contributed by atoms with van der Waals surface area (Å²) in [6, 6.07) is 9.50. The minimum atomic E-state index is -0.470. The summed E-state index contributed by atoms with van der Waals surface area (Å²) >= 11 is 0. The highest BCUT2D eigenvalue weighted by atomic mass is 16.6. The lowest BCUT2D eigenvalue weighted by molar-refractivity contribution is -0.150. The molecule has 254 valence electrons. The summed E-state index contributed by atoms with van der Waals surface area (Å²) in [5.74, 6) is -0.130. The Morgan fingerprint density at radius 1 is 0.614 bits per heavy atom. The van der Waals surface area contributed by atoms with Crippen molar-refractivity contribution in [3.8, 4) is 0 Å². The number of esters is 1. The highest BCUT2D eigenvalue weighted by Gasteiger charge is 2.16. The molecule has 12 nitrogen and oxygen atoms in total. The minimum Gasteiger partial charge on any atom is -0.463 e. The Balaban J connectivity index is 1.71. The number of nitrogens with one attached hydrogen (secondary N) is 1. The van der Waals surface area contributed by atoms with Crippen LogP contribution in [0.2, 0.25) is 0 Å². The Kier molecular flexibility index (Phi) is 27.7. The molecule has 1 atom stereocenters. The molecule has 1 aromatic rings. The van der Waals surface area contributed by atoms with Crippen molar-refractivity contribution in [2.45, 2.75) is 46.1 Å². The van der Waals surface area contributed by atoms with Gasteiger partial charge in [-0.05, 0) is 18.4 Å². The van der Waals surface area contributed by atoms with Crippen molar-refractivity contribution in [2.75, 3.05) is 106 Å². The van der Waals surface area contributed by atoms with E-state index in [0.717, 1.165) is 31.2 Å². The monoisotopic (exact) mass is 629 g/mol. The zero-order chi connectivity index (χ0) is 31.8. The number of amides is 1. The van der Waals surface area contributed by atoms with Crippen LogP contribution in [-0.4, -0.2) is 118 Å². The van der Waals surface area contributed by atoms with Crippen LogP contribution in [0.5, 0.6) is 0 Å². The van der Waals surface area contributed by atoms with Crippen LogP contribution in [-0.2, 0) is 54.0 Å². The molecule has 0 saturated carbocycles. The van der Waals surface area contributed by atoms with Crippen LogP contribution in [0.4, 0.5) is 4.79 Å². The van der Waals surface area contributed by atoms with Crippen LogP contribution >= 0.6 is 0 Å². The van der Waals surface area contributed by atoms with E-state index in [9.17, 15) is 9.59 Å². The van der Waals surface area contributed by atoms with Gasteiger partial charge >= 0.3 is 12.1 Å². The fourth-order valence-corrected chi connectivity index (χ4v) is 3.68. The average Bonchev–Trinajstić information content (AvgIpc) is 3.04. The van der Waals surface area contributed by atoms with Gasteiger partial charge in [0.05, 0.1) is 98.4 Å². The molecular weight excluding hydrogens is 574 g/mol. The predicted octanol–water partition coefficient (Wildman–Crippen LogP) is 3.79. The quantitative estimate of drug-likeness (QED) is 0.0952. The standard InChI is InChI=1S/C32H55NO11/c1-3-5-11-30(4-2)31(34)43-27-26-42-25-24-41-23-22-40-21-20-39-19-18-38-17-16-37-15-14-36-13-12-33-32(35)44-28-29-9-7-6-8-10-29/h6-10,30H,3-5,11-28H2,1-2H3,(H,33,35). The lowest BCUT2D eigenvalue weighted by Gasteiger charge is -2.13. The molecule has 12 heteroatoms. The number of alkyl carbamates (subject to hydrolysis) is 1. The van der Waals surface area contributed by atoms with E-state index in [1.165, 1.54) is 0 Å². The molecule has 0 aliphatic rings. The van der Waals surface area contributed by atoms with Gasteiger partial charge in [-0.3, -0.25) is 4.79 Å². The third-order valence-corrected chi connectivity index (χ3v) is 6.16. The molecule has 0 saturated heterocycles. The van der Waals surface area contributed by atoms with E-state index in [1.54, 1.807) is 0 Å². The predicted molar refractivity (Wildman–Crippen MR) is 165 cm³/mol. The molecule has 1 N–H and O–H groups in total. The molecule has 0 spiro atoms. The molecule has 1 unspecified atom stereocenters. The van der Waals surface area contributed by atoms with Gasteiger partial charge in [0.2, 0.25) is 0 Å². The van der Waals surface area contributed by atoms with Gasteiger partial charge in [0.1, 0.15) is 13.2 Å². The summed E-state index contributed by atoms with van der Waals surface area (Å²) in [5, 5.41) is 2.64. The Hall–Kier alpha value is -2.32. The van der Waals surface area contributed by atoms with Gasteiger partial charge in [-0.1, -0.05) is 57.0 Å². The van der Waals surface area contributed by atoms with Gasteiger partial charge in [0.15, 0.2) is 0 Å². The molecule has 0 aliphatic carbocycles. The SMILES string of the molecule is CCCCC(CC)C(=O)OCCOCCOCCOCCOCCOCCOCCOCCNC(=O)OCc1ccccc1. The van der Waals surface area contributed by atoms with Crippen LogP contribution in [0.1, 0.15) is 45.1 Å². The Morgan fingerprint density at radius 3 is 1.52 bits per heavy atom. The van der Waals surface area contributed by atoms with E-state index in [4.69, 9.17) is 42.6 Å². The number of rotatable bonds is 31. The molecule has 0 aliphatic heterocycles. The molecule has 44 heavy (non-hydrogen) atoms. The third kappa shape index (κ3) is 25.1. The number of ether oxygens (including phenoxy) is 9. The molecule has 0 radical (unpaired) electrons. The summed E-state index contributed by atoms with van der Waals surface area (Å²) < 4.78 is 48.5. The second-order valence-corrected chi connectivity index (χ2v) is 9.69. The molecule has 0 bridgehead atoms. The zero-order valence-corrected chi connectivity index (χ0v) is 26.8. The van der Waals surface area contributed by atoms with Gasteiger partial charge < -0.3 is 47.9 Å². The van der Waals surface area contributed by atoms with Crippen molar-refractivity contribution >= 4 is 12.1 Å². The van der Waals surface area contributed by atoms with Crippen molar-refractivity contribution in [3.05, 3.63) is 35.9 Å². The van der Waals surface area contributed by atoms with Crippen LogP contribution < -0.4 is 5.32 Å². The molecule has 0 heterocycles. The fraction of sp³-hybridized carbons (Fsp3) is 0.750. The molecule has 1 amide bonds. The van der Waals surface area contributed by atoms with E-state index < -0.39 is 6.09 Å². The normalized spacial score (nSPS) is 11.8. The first kappa shape index (κ1) is 39.7. The van der Waals surface area contributed by atoms with Crippen LogP contribution in [0.15, 0.2) is 30.3 Å². The van der Waals surface area contributed by atoms with E-state index in [2.05, 4.69) is 12.2 Å². The van der Waals surface area contributed by atoms with Crippen molar-refractivity contribution in [1.82, 2.24) is 5.32 Å². The lowest BCUT2D eigenvalue weighted by atomic mass is 10.00. The molecule has 0 aromatic heterocycles. The van der Waals surface area contributed by atoms with Crippen LogP contribution in [0.25, 0.3) is 0 Å². The van der Waals surface area contributed by atoms with E-state index in [0.29, 0.717) is 99.0 Å². The van der Waals surface area contributed by atoms with E-state index in [-0.39, 0.29) is 25.1 Å². The Bertz CT molecular complexity index is 785. The molecule has 1 rings (SSSR count). The first-order valence-electron chi connectivity index (χ1n) is 15.8. The highest BCUT2D eigenvalue weighted by molar-refractivity contribution is 5.72. The number of unbranched alkanes of at least 4 members (excludes halogenated alkanes) is 1. The maximum atomic E-state index is 12.0. The van der Waals surface area contributed by atoms with Crippen LogP contribution in [0, 0.1) is 5.92 Å². The van der Waals surface area contributed by atoms with Gasteiger partial charge in [-0.15, -0.1) is 0 Å². The maximum absolute atomic E-state index is 12.0. The number of carbonyl (C=O) groups is 2. The van der Waals surface area contributed by atoms with Crippen molar-refractivity contribution < 1.29 is 52.2 Å². The second-order valence-electron chi connectivity index (χ2n) is 9.69. The topological polar surface area (TPSA) is 129 Å². The smallest absolute Gasteiger partial charge is 0.407 e. The van der Waals surface area contributed by atoms with Crippen molar-refractivity contribution in [1.29, 1.82) is 0 Å². The zero-order valence-electron chi connectivity index (χ0n) is 26.8. The first-order chi connectivity index (χ1) is 21.7. The lowest BCUT2D eigenvalue weighted by Crippen LogP contribution is -2.28. The fourth-order valence-electron chi connectivity index (χ4n) is 3.68. The minimum absolute atomic E-state index is 0.00657. The summed E-state index contributed by atoms with van der Waals surface area (Å²) in [6.45, 7) is 11.4. The number of hydrogen-bond donors (Lipinski definition) is 1. The largest absolute Gasteiger partial charge is 0.463 e. The first-order valence-corrected chi connectivity index (χ1v) is 15.8. The highest BCUT2D eigenvalue weighted by Crippen LogP contribution is 2.14. The Morgan fingerprint density at radius 2 is 1.07 bits per heavy atom. The number of benzene rings is 1. The molecule has 1 aromatic carbocycles.